The van der Waals surface area contributed by atoms with Crippen LogP contribution in [-0.2, 0) is 0 Å². The van der Waals surface area contributed by atoms with Crippen LogP contribution in [0.5, 0.6) is 0 Å². The minimum atomic E-state index is 0.889. The Bertz CT molecular complexity index is 3840. The van der Waals surface area contributed by atoms with Crippen LogP contribution in [-0.4, -0.2) is 19.1 Å². The second-order valence-electron chi connectivity index (χ2n) is 16.2. The average Bonchev–Trinajstić information content (AvgIpc) is 4.02. The van der Waals surface area contributed by atoms with Crippen LogP contribution < -0.4 is 0 Å². The molecule has 0 aliphatic heterocycles. The highest BCUT2D eigenvalue weighted by atomic mass is 32.1. The molecule has 5 heteroatoms. The maximum Gasteiger partial charge on any atom is 0.138 e. The van der Waals surface area contributed by atoms with Gasteiger partial charge in [0.15, 0.2) is 0 Å². The van der Waals surface area contributed by atoms with Crippen molar-refractivity contribution in [1.82, 2.24) is 19.1 Å². The molecular weight excluding hydrogens is 785 g/mol. The minimum Gasteiger partial charge on any atom is -0.309 e. The van der Waals surface area contributed by atoms with Crippen molar-refractivity contribution in [2.75, 3.05) is 0 Å². The molecule has 0 saturated heterocycles. The van der Waals surface area contributed by atoms with Gasteiger partial charge in [0, 0.05) is 54.6 Å². The third kappa shape index (κ3) is 5.74. The van der Waals surface area contributed by atoms with E-state index in [1.54, 1.807) is 0 Å². The standard InChI is InChI=1S/C58H36N4S/c1-3-13-37(14-4-1)42-34-50(39-15-5-2-6-16-39)60-56(36-42)62-52-21-11-7-17-45(52)47-29-25-41(35-54(47)62)40-26-30-53-49(33-40)46-18-8-10-20-51(46)61(53)43-27-23-38(24-28-43)44-31-32-59-57-48-19-9-12-22-55(48)63-58(44)57/h1-36H. The lowest BCUT2D eigenvalue weighted by molar-refractivity contribution is 1.08. The Morgan fingerprint density at radius 1 is 0.365 bits per heavy atom. The van der Waals surface area contributed by atoms with E-state index in [0.29, 0.717) is 0 Å². The maximum atomic E-state index is 5.38. The van der Waals surface area contributed by atoms with Crippen LogP contribution in [0.15, 0.2) is 219 Å². The SMILES string of the molecule is c1ccc(-c2cc(-c3ccccc3)nc(-n3c4ccccc4c4ccc(-c5ccc6c(c5)c5ccccc5n6-c5ccc(-c6ccnc7c6sc6ccccc67)cc5)cc43)c2)cc1. The zero-order valence-corrected chi connectivity index (χ0v) is 34.8. The van der Waals surface area contributed by atoms with E-state index >= 15 is 0 Å². The van der Waals surface area contributed by atoms with Gasteiger partial charge in [0.25, 0.3) is 0 Å². The smallest absolute Gasteiger partial charge is 0.138 e. The molecule has 294 valence electrons. The molecule has 0 unspecified atom stereocenters. The number of para-hydroxylation sites is 2. The summed E-state index contributed by atoms with van der Waals surface area (Å²) in [5, 5.41) is 6.06. The summed E-state index contributed by atoms with van der Waals surface area (Å²) in [7, 11) is 0. The number of hydrogen-bond donors (Lipinski definition) is 0. The van der Waals surface area contributed by atoms with E-state index in [2.05, 4.69) is 221 Å². The summed E-state index contributed by atoms with van der Waals surface area (Å²) in [5.74, 6) is 0.889. The zero-order chi connectivity index (χ0) is 41.4. The number of benzene rings is 8. The van der Waals surface area contributed by atoms with Crippen LogP contribution >= 0.6 is 11.3 Å². The summed E-state index contributed by atoms with van der Waals surface area (Å²) in [5.41, 5.74) is 15.8. The van der Waals surface area contributed by atoms with Gasteiger partial charge in [-0.25, -0.2) is 4.98 Å². The lowest BCUT2D eigenvalue weighted by atomic mass is 10.0. The van der Waals surface area contributed by atoms with Crippen molar-refractivity contribution in [3.05, 3.63) is 219 Å². The third-order valence-corrected chi connectivity index (χ3v) is 13.8. The molecule has 0 spiro atoms. The van der Waals surface area contributed by atoms with E-state index in [4.69, 9.17) is 9.97 Å². The van der Waals surface area contributed by atoms with Gasteiger partial charge in [-0.1, -0.05) is 146 Å². The van der Waals surface area contributed by atoms with Crippen LogP contribution in [0, 0.1) is 0 Å². The Balaban J connectivity index is 0.946. The largest absolute Gasteiger partial charge is 0.309 e. The molecule has 0 bridgehead atoms. The number of aromatic nitrogens is 4. The molecule has 5 aromatic heterocycles. The van der Waals surface area contributed by atoms with Gasteiger partial charge in [-0.05, 0) is 94.5 Å². The minimum absolute atomic E-state index is 0.889. The van der Waals surface area contributed by atoms with Crippen LogP contribution in [0.3, 0.4) is 0 Å². The second kappa shape index (κ2) is 14.2. The number of pyridine rings is 2. The first-order chi connectivity index (χ1) is 31.2. The summed E-state index contributed by atoms with van der Waals surface area (Å²) in [6, 6.07) is 76.5. The molecule has 63 heavy (non-hydrogen) atoms. The Morgan fingerprint density at radius 3 is 1.76 bits per heavy atom. The summed E-state index contributed by atoms with van der Waals surface area (Å²) in [4.78, 5) is 10.2. The second-order valence-corrected chi connectivity index (χ2v) is 17.2. The van der Waals surface area contributed by atoms with Crippen LogP contribution in [0.1, 0.15) is 0 Å². The fourth-order valence-electron chi connectivity index (χ4n) is 9.63. The van der Waals surface area contributed by atoms with Crippen molar-refractivity contribution in [3.63, 3.8) is 0 Å². The summed E-state index contributed by atoms with van der Waals surface area (Å²) >= 11 is 1.82. The predicted octanol–water partition coefficient (Wildman–Crippen LogP) is 15.7. The summed E-state index contributed by atoms with van der Waals surface area (Å²) in [6.07, 6.45) is 1.94. The highest BCUT2D eigenvalue weighted by Crippen LogP contribution is 2.41. The molecule has 0 saturated carbocycles. The molecule has 0 radical (unpaired) electrons. The molecule has 13 aromatic rings. The fourth-order valence-corrected chi connectivity index (χ4v) is 10.8. The lowest BCUT2D eigenvalue weighted by Gasteiger charge is -2.13. The van der Waals surface area contributed by atoms with Gasteiger partial charge in [0.05, 0.1) is 38.0 Å². The Kier molecular flexibility index (Phi) is 8.05. The van der Waals surface area contributed by atoms with E-state index in [0.717, 1.165) is 56.0 Å². The van der Waals surface area contributed by atoms with E-state index in [9.17, 15) is 0 Å². The van der Waals surface area contributed by atoms with Crippen LogP contribution in [0.4, 0.5) is 0 Å². The summed E-state index contributed by atoms with van der Waals surface area (Å²) in [6.45, 7) is 0. The first kappa shape index (κ1) is 35.6. The van der Waals surface area contributed by atoms with Crippen molar-refractivity contribution < 1.29 is 0 Å². The normalized spacial score (nSPS) is 11.8. The Labute approximate surface area is 367 Å². The van der Waals surface area contributed by atoms with Gasteiger partial charge in [0.2, 0.25) is 0 Å². The highest BCUT2D eigenvalue weighted by Gasteiger charge is 2.19. The number of hydrogen-bond acceptors (Lipinski definition) is 3. The Morgan fingerprint density at radius 2 is 0.968 bits per heavy atom. The molecule has 8 aromatic carbocycles. The van der Waals surface area contributed by atoms with Crippen LogP contribution in [0.25, 0.3) is 120 Å². The van der Waals surface area contributed by atoms with Gasteiger partial charge < -0.3 is 4.57 Å². The topological polar surface area (TPSA) is 35.6 Å². The van der Waals surface area contributed by atoms with Gasteiger partial charge in [-0.15, -0.1) is 11.3 Å². The average molecular weight is 821 g/mol. The van der Waals surface area contributed by atoms with Gasteiger partial charge in [-0.3, -0.25) is 9.55 Å². The third-order valence-electron chi connectivity index (χ3n) is 12.6. The molecule has 0 N–H and O–H groups in total. The molecule has 0 aliphatic carbocycles. The predicted molar refractivity (Wildman–Crippen MR) is 265 cm³/mol. The number of rotatable bonds is 6. The number of fused-ring (bicyclic) bond motifs is 9. The van der Waals surface area contributed by atoms with E-state index in [1.807, 2.05) is 17.5 Å². The van der Waals surface area contributed by atoms with Crippen molar-refractivity contribution in [1.29, 1.82) is 0 Å². The molecule has 0 atom stereocenters. The molecular formula is C58H36N4S. The van der Waals surface area contributed by atoms with Gasteiger partial charge >= 0.3 is 0 Å². The fraction of sp³-hybridized carbons (Fsp3) is 0. The van der Waals surface area contributed by atoms with E-state index in [1.165, 1.54) is 64.1 Å². The molecule has 0 aliphatic rings. The first-order valence-electron chi connectivity index (χ1n) is 21.3. The van der Waals surface area contributed by atoms with Crippen LogP contribution in [0.2, 0.25) is 0 Å². The van der Waals surface area contributed by atoms with Crippen molar-refractivity contribution in [2.24, 2.45) is 0 Å². The van der Waals surface area contributed by atoms with E-state index in [-0.39, 0.29) is 0 Å². The molecule has 4 nitrogen and oxygen atoms in total. The van der Waals surface area contributed by atoms with E-state index < -0.39 is 0 Å². The van der Waals surface area contributed by atoms with Crippen molar-refractivity contribution in [3.8, 4) is 56.1 Å². The molecule has 13 rings (SSSR count). The quantitative estimate of drug-likeness (QED) is 0.167. The number of nitrogens with zero attached hydrogens (tertiary/aromatic N) is 4. The van der Waals surface area contributed by atoms with Crippen molar-refractivity contribution in [2.45, 2.75) is 0 Å². The monoisotopic (exact) mass is 820 g/mol. The number of thiophene rings is 1. The highest BCUT2D eigenvalue weighted by molar-refractivity contribution is 7.26. The molecule has 5 heterocycles. The maximum absolute atomic E-state index is 5.38. The summed E-state index contributed by atoms with van der Waals surface area (Å²) < 4.78 is 7.23. The van der Waals surface area contributed by atoms with Gasteiger partial charge in [0.1, 0.15) is 5.82 Å². The van der Waals surface area contributed by atoms with Gasteiger partial charge in [-0.2, -0.15) is 0 Å². The first-order valence-corrected chi connectivity index (χ1v) is 22.1. The lowest BCUT2D eigenvalue weighted by Crippen LogP contribution is -2.00. The zero-order valence-electron chi connectivity index (χ0n) is 34.0. The molecule has 0 fully saturated rings. The molecule has 0 amide bonds. The Hall–Kier alpha value is -8.12. The van der Waals surface area contributed by atoms with Crippen molar-refractivity contribution >= 4 is 75.3 Å².